The average molecular weight is 345 g/mol. The Morgan fingerprint density at radius 1 is 1.29 bits per heavy atom. The van der Waals surface area contributed by atoms with Gasteiger partial charge in [-0.1, -0.05) is 17.7 Å². The number of aryl methyl sites for hydroxylation is 2. The van der Waals surface area contributed by atoms with Gasteiger partial charge in [-0.25, -0.2) is 4.98 Å². The zero-order chi connectivity index (χ0) is 17.1. The van der Waals surface area contributed by atoms with Gasteiger partial charge in [0.05, 0.1) is 17.8 Å². The van der Waals surface area contributed by atoms with Crippen LogP contribution >= 0.6 is 11.6 Å². The topological polar surface area (TPSA) is 69.0 Å². The molecule has 0 radical (unpaired) electrons. The number of aromatic nitrogens is 3. The Bertz CT molecular complexity index is 891. The number of fused-ring (bicyclic) bond motifs is 1. The summed E-state index contributed by atoms with van der Waals surface area (Å²) in [5.41, 5.74) is 2.67. The van der Waals surface area contributed by atoms with Crippen molar-refractivity contribution in [1.82, 2.24) is 14.8 Å². The number of benzene rings is 1. The van der Waals surface area contributed by atoms with E-state index >= 15 is 0 Å². The molecule has 2 heterocycles. The van der Waals surface area contributed by atoms with E-state index < -0.39 is 0 Å². The molecule has 0 unspecified atom stereocenters. The smallest absolute Gasteiger partial charge is 0.251 e. The minimum atomic E-state index is -0.260. The molecule has 0 saturated heterocycles. The third kappa shape index (κ3) is 3.55. The highest BCUT2D eigenvalue weighted by Gasteiger charge is 2.08. The van der Waals surface area contributed by atoms with E-state index in [0.717, 1.165) is 22.2 Å². The maximum atomic E-state index is 12.0. The van der Waals surface area contributed by atoms with Gasteiger partial charge >= 0.3 is 0 Å². The predicted molar refractivity (Wildman–Crippen MR) is 93.0 cm³/mol. The molecule has 24 heavy (non-hydrogen) atoms. The summed E-state index contributed by atoms with van der Waals surface area (Å²) in [5.74, 6) is 0.214. The molecule has 0 spiro atoms. The van der Waals surface area contributed by atoms with Crippen molar-refractivity contribution in [3.05, 3.63) is 52.8 Å². The molecule has 1 N–H and O–H groups in total. The maximum absolute atomic E-state index is 12.0. The second-order valence-corrected chi connectivity index (χ2v) is 5.85. The lowest BCUT2D eigenvalue weighted by Gasteiger charge is -2.09. The molecular formula is C17H17ClN4O2. The van der Waals surface area contributed by atoms with Crippen molar-refractivity contribution < 1.29 is 9.53 Å². The number of amides is 1. The molecule has 0 aliphatic carbocycles. The normalized spacial score (nSPS) is 11.0. The standard InChI is InChI=1S/C17H17ClN4O2/c1-11-3-5-14(18)13-4-6-15(21-17(11)13)20-16(23)10-24-9-12-7-8-19-22(12)2/h3-8H,9-10H2,1-2H3,(H,20,21,23). The second-order valence-electron chi connectivity index (χ2n) is 5.44. The molecule has 0 bridgehead atoms. The molecule has 1 amide bonds. The largest absolute Gasteiger partial charge is 0.365 e. The molecule has 6 nitrogen and oxygen atoms in total. The van der Waals surface area contributed by atoms with Crippen LogP contribution in [0, 0.1) is 6.92 Å². The SMILES string of the molecule is Cc1ccc(Cl)c2ccc(NC(=O)COCc3ccnn3C)nc12. The van der Waals surface area contributed by atoms with Crippen molar-refractivity contribution in [1.29, 1.82) is 0 Å². The lowest BCUT2D eigenvalue weighted by atomic mass is 10.1. The monoisotopic (exact) mass is 344 g/mol. The summed E-state index contributed by atoms with van der Waals surface area (Å²) in [6.07, 6.45) is 1.69. The summed E-state index contributed by atoms with van der Waals surface area (Å²) in [6.45, 7) is 2.22. The second kappa shape index (κ2) is 6.98. The van der Waals surface area contributed by atoms with E-state index in [1.54, 1.807) is 16.9 Å². The Balaban J connectivity index is 1.63. The summed E-state index contributed by atoms with van der Waals surface area (Å²) < 4.78 is 7.11. The molecule has 3 aromatic rings. The average Bonchev–Trinajstić information content (AvgIpc) is 2.96. The fraction of sp³-hybridized carbons (Fsp3) is 0.235. The summed E-state index contributed by atoms with van der Waals surface area (Å²) in [4.78, 5) is 16.5. The van der Waals surface area contributed by atoms with Gasteiger partial charge < -0.3 is 10.1 Å². The van der Waals surface area contributed by atoms with Crippen LogP contribution in [0.2, 0.25) is 5.02 Å². The van der Waals surface area contributed by atoms with Crippen molar-refractivity contribution >= 4 is 34.2 Å². The molecule has 0 aliphatic rings. The van der Waals surface area contributed by atoms with Gasteiger partial charge in [0.2, 0.25) is 0 Å². The van der Waals surface area contributed by atoms with E-state index in [1.165, 1.54) is 0 Å². The number of halogens is 1. The number of rotatable bonds is 5. The zero-order valence-electron chi connectivity index (χ0n) is 13.4. The Labute approximate surface area is 144 Å². The number of hydrogen-bond acceptors (Lipinski definition) is 4. The molecule has 1 aromatic carbocycles. The van der Waals surface area contributed by atoms with E-state index in [-0.39, 0.29) is 12.5 Å². The first-order valence-corrected chi connectivity index (χ1v) is 7.83. The number of pyridine rings is 1. The molecule has 0 fully saturated rings. The first-order valence-electron chi connectivity index (χ1n) is 7.45. The van der Waals surface area contributed by atoms with Gasteiger partial charge in [-0.3, -0.25) is 9.48 Å². The van der Waals surface area contributed by atoms with Gasteiger partial charge in [-0.15, -0.1) is 0 Å². The fourth-order valence-electron chi connectivity index (χ4n) is 2.36. The summed E-state index contributed by atoms with van der Waals surface area (Å²) in [5, 5.41) is 8.28. The van der Waals surface area contributed by atoms with E-state index in [2.05, 4.69) is 15.4 Å². The molecule has 0 saturated carbocycles. The summed E-state index contributed by atoms with van der Waals surface area (Å²) in [7, 11) is 1.82. The molecule has 0 atom stereocenters. The Morgan fingerprint density at radius 3 is 2.88 bits per heavy atom. The number of carbonyl (C=O) groups excluding carboxylic acids is 1. The first kappa shape index (κ1) is 16.4. The van der Waals surface area contributed by atoms with Gasteiger partial charge in [0, 0.05) is 23.7 Å². The van der Waals surface area contributed by atoms with Gasteiger partial charge in [-0.05, 0) is 36.8 Å². The molecule has 2 aromatic heterocycles. The minimum Gasteiger partial charge on any atom is -0.365 e. The highest BCUT2D eigenvalue weighted by atomic mass is 35.5. The van der Waals surface area contributed by atoms with Crippen LogP contribution in [0.25, 0.3) is 10.9 Å². The quantitative estimate of drug-likeness (QED) is 0.772. The number of nitrogens with one attached hydrogen (secondary N) is 1. The highest BCUT2D eigenvalue weighted by Crippen LogP contribution is 2.26. The third-order valence-corrected chi connectivity index (χ3v) is 4.01. The van der Waals surface area contributed by atoms with Crippen molar-refractivity contribution in [3.63, 3.8) is 0 Å². The molecule has 0 aliphatic heterocycles. The van der Waals surface area contributed by atoms with Crippen molar-refractivity contribution in [2.75, 3.05) is 11.9 Å². The first-order chi connectivity index (χ1) is 11.5. The minimum absolute atomic E-state index is 0.0561. The van der Waals surface area contributed by atoms with E-state index in [1.807, 2.05) is 38.2 Å². The molecular weight excluding hydrogens is 328 g/mol. The number of ether oxygens (including phenoxy) is 1. The lowest BCUT2D eigenvalue weighted by molar-refractivity contribution is -0.121. The van der Waals surface area contributed by atoms with Gasteiger partial charge in [0.15, 0.2) is 0 Å². The number of nitrogens with zero attached hydrogens (tertiary/aromatic N) is 3. The van der Waals surface area contributed by atoms with Crippen LogP contribution < -0.4 is 5.32 Å². The van der Waals surface area contributed by atoms with E-state index in [4.69, 9.17) is 16.3 Å². The van der Waals surface area contributed by atoms with E-state index in [9.17, 15) is 4.79 Å². The van der Waals surface area contributed by atoms with E-state index in [0.29, 0.717) is 17.4 Å². The van der Waals surface area contributed by atoms with Gasteiger partial charge in [-0.2, -0.15) is 5.10 Å². The van der Waals surface area contributed by atoms with Gasteiger partial charge in [0.25, 0.3) is 5.91 Å². The number of hydrogen-bond donors (Lipinski definition) is 1. The summed E-state index contributed by atoms with van der Waals surface area (Å²) >= 11 is 6.16. The Kier molecular flexibility index (Phi) is 4.78. The van der Waals surface area contributed by atoms with Crippen LogP contribution in [-0.4, -0.2) is 27.3 Å². The van der Waals surface area contributed by atoms with Crippen LogP contribution in [0.4, 0.5) is 5.82 Å². The fourth-order valence-corrected chi connectivity index (χ4v) is 2.57. The van der Waals surface area contributed by atoms with Crippen molar-refractivity contribution in [2.45, 2.75) is 13.5 Å². The lowest BCUT2D eigenvalue weighted by Crippen LogP contribution is -2.19. The van der Waals surface area contributed by atoms with Gasteiger partial charge in [0.1, 0.15) is 12.4 Å². The highest BCUT2D eigenvalue weighted by molar-refractivity contribution is 6.35. The number of anilines is 1. The van der Waals surface area contributed by atoms with Crippen LogP contribution in [-0.2, 0) is 23.2 Å². The summed E-state index contributed by atoms with van der Waals surface area (Å²) in [6, 6.07) is 9.16. The van der Waals surface area contributed by atoms with Crippen molar-refractivity contribution in [2.24, 2.45) is 7.05 Å². The predicted octanol–water partition coefficient (Wildman–Crippen LogP) is 3.09. The maximum Gasteiger partial charge on any atom is 0.251 e. The zero-order valence-corrected chi connectivity index (χ0v) is 14.2. The van der Waals surface area contributed by atoms with Crippen molar-refractivity contribution in [3.8, 4) is 0 Å². The molecule has 7 heteroatoms. The van der Waals surface area contributed by atoms with Crippen LogP contribution in [0.5, 0.6) is 0 Å². The van der Waals surface area contributed by atoms with Crippen LogP contribution in [0.1, 0.15) is 11.3 Å². The third-order valence-electron chi connectivity index (χ3n) is 3.68. The van der Waals surface area contributed by atoms with Crippen LogP contribution in [0.3, 0.4) is 0 Å². The Morgan fingerprint density at radius 2 is 2.12 bits per heavy atom. The van der Waals surface area contributed by atoms with Crippen LogP contribution in [0.15, 0.2) is 36.5 Å². The number of carbonyl (C=O) groups is 1. The molecule has 3 rings (SSSR count). The molecule has 124 valence electrons. The Hall–Kier alpha value is -2.44.